The van der Waals surface area contributed by atoms with Crippen molar-refractivity contribution < 1.29 is 0 Å². The van der Waals surface area contributed by atoms with Crippen LogP contribution in [0.3, 0.4) is 0 Å². The summed E-state index contributed by atoms with van der Waals surface area (Å²) in [6, 6.07) is 10.0. The molecule has 1 atom stereocenters. The molecular weight excluding hydrogens is 289 g/mol. The summed E-state index contributed by atoms with van der Waals surface area (Å²) in [6.07, 6.45) is 0.752. The fourth-order valence-electron chi connectivity index (χ4n) is 2.80. The van der Waals surface area contributed by atoms with Crippen LogP contribution < -0.4 is 5.73 Å². The smallest absolute Gasteiger partial charge is 0.0595 e. The molecule has 0 aliphatic rings. The molecule has 0 aliphatic carbocycles. The maximum absolute atomic E-state index is 6.39. The average molecular weight is 308 g/mol. The van der Waals surface area contributed by atoms with Crippen LogP contribution in [0.2, 0.25) is 10.0 Å². The zero-order valence-electron chi connectivity index (χ0n) is 12.0. The van der Waals surface area contributed by atoms with Crippen LogP contribution in [0.4, 0.5) is 0 Å². The second-order valence-corrected chi connectivity index (χ2v) is 6.19. The molecule has 2 N–H and O–H groups in total. The summed E-state index contributed by atoms with van der Waals surface area (Å²) in [5.74, 6) is 0. The molecule has 106 valence electrons. The van der Waals surface area contributed by atoms with Crippen molar-refractivity contribution in [3.8, 4) is 0 Å². The van der Waals surface area contributed by atoms with Gasteiger partial charge in [0, 0.05) is 6.04 Å². The van der Waals surface area contributed by atoms with Crippen molar-refractivity contribution in [3.05, 3.63) is 68.2 Å². The maximum atomic E-state index is 6.39. The minimum Gasteiger partial charge on any atom is -0.324 e. The Labute approximate surface area is 130 Å². The predicted molar refractivity (Wildman–Crippen MR) is 87.7 cm³/mol. The highest BCUT2D eigenvalue weighted by Crippen LogP contribution is 2.27. The summed E-state index contributed by atoms with van der Waals surface area (Å²) in [7, 11) is 0. The lowest BCUT2D eigenvalue weighted by atomic mass is 9.91. The van der Waals surface area contributed by atoms with Crippen molar-refractivity contribution in [2.45, 2.75) is 33.2 Å². The number of halogens is 2. The van der Waals surface area contributed by atoms with Gasteiger partial charge in [0.2, 0.25) is 0 Å². The highest BCUT2D eigenvalue weighted by molar-refractivity contribution is 6.42. The fraction of sp³-hybridized carbons (Fsp3) is 0.294. The molecule has 0 aliphatic heterocycles. The Balaban J connectivity index is 2.28. The largest absolute Gasteiger partial charge is 0.324 e. The Kier molecular flexibility index (Phi) is 4.74. The van der Waals surface area contributed by atoms with E-state index in [0.29, 0.717) is 10.0 Å². The standard InChI is InChI=1S/C17H19Cl2N/c1-10-6-11(2)17(12(3)7-10)16(20)9-13-4-5-14(18)15(19)8-13/h4-8,16H,9,20H2,1-3H3. The number of hydrogen-bond acceptors (Lipinski definition) is 1. The van der Waals surface area contributed by atoms with Gasteiger partial charge in [-0.1, -0.05) is 47.0 Å². The lowest BCUT2D eigenvalue weighted by Crippen LogP contribution is -2.16. The molecule has 0 spiro atoms. The molecule has 2 aromatic carbocycles. The van der Waals surface area contributed by atoms with Gasteiger partial charge in [-0.25, -0.2) is 0 Å². The number of aryl methyl sites for hydroxylation is 3. The third kappa shape index (κ3) is 3.35. The van der Waals surface area contributed by atoms with E-state index < -0.39 is 0 Å². The lowest BCUT2D eigenvalue weighted by Gasteiger charge is -2.19. The number of hydrogen-bond donors (Lipinski definition) is 1. The number of rotatable bonds is 3. The van der Waals surface area contributed by atoms with Crippen LogP contribution in [-0.4, -0.2) is 0 Å². The van der Waals surface area contributed by atoms with Gasteiger partial charge in [-0.05, 0) is 61.6 Å². The molecule has 2 rings (SSSR count). The van der Waals surface area contributed by atoms with Crippen molar-refractivity contribution in [1.29, 1.82) is 0 Å². The summed E-state index contributed by atoms with van der Waals surface area (Å²) in [6.45, 7) is 6.34. The first kappa shape index (κ1) is 15.4. The lowest BCUT2D eigenvalue weighted by molar-refractivity contribution is 0.711. The van der Waals surface area contributed by atoms with E-state index in [-0.39, 0.29) is 6.04 Å². The van der Waals surface area contributed by atoms with Crippen LogP contribution in [0.25, 0.3) is 0 Å². The van der Waals surface area contributed by atoms with Gasteiger partial charge in [0.05, 0.1) is 10.0 Å². The van der Waals surface area contributed by atoms with E-state index in [2.05, 4.69) is 32.9 Å². The van der Waals surface area contributed by atoms with Crippen molar-refractivity contribution in [2.24, 2.45) is 5.73 Å². The van der Waals surface area contributed by atoms with E-state index in [9.17, 15) is 0 Å². The molecular formula is C17H19Cl2N. The molecule has 0 aromatic heterocycles. The minimum absolute atomic E-state index is 0.0344. The second kappa shape index (κ2) is 6.17. The van der Waals surface area contributed by atoms with Crippen LogP contribution in [0, 0.1) is 20.8 Å². The van der Waals surface area contributed by atoms with Crippen LogP contribution in [0.5, 0.6) is 0 Å². The highest BCUT2D eigenvalue weighted by Gasteiger charge is 2.13. The molecule has 3 heteroatoms. The van der Waals surface area contributed by atoms with E-state index in [4.69, 9.17) is 28.9 Å². The average Bonchev–Trinajstić information content (AvgIpc) is 2.32. The fourth-order valence-corrected chi connectivity index (χ4v) is 3.12. The molecule has 0 saturated carbocycles. The van der Waals surface area contributed by atoms with Gasteiger partial charge in [0.25, 0.3) is 0 Å². The van der Waals surface area contributed by atoms with Crippen LogP contribution in [-0.2, 0) is 6.42 Å². The molecule has 0 saturated heterocycles. The molecule has 2 aromatic rings. The first-order chi connectivity index (χ1) is 9.38. The summed E-state index contributed by atoms with van der Waals surface area (Å²) in [5.41, 5.74) is 12.5. The van der Waals surface area contributed by atoms with Gasteiger partial charge >= 0.3 is 0 Å². The summed E-state index contributed by atoms with van der Waals surface area (Å²) in [4.78, 5) is 0. The minimum atomic E-state index is -0.0344. The summed E-state index contributed by atoms with van der Waals surface area (Å²) in [5, 5.41) is 1.15. The predicted octanol–water partition coefficient (Wildman–Crippen LogP) is 5.16. The van der Waals surface area contributed by atoms with E-state index >= 15 is 0 Å². The monoisotopic (exact) mass is 307 g/mol. The molecule has 0 amide bonds. The Hall–Kier alpha value is -1.02. The third-order valence-corrected chi connectivity index (χ3v) is 4.29. The zero-order chi connectivity index (χ0) is 14.9. The second-order valence-electron chi connectivity index (χ2n) is 5.37. The number of benzene rings is 2. The topological polar surface area (TPSA) is 26.0 Å². The van der Waals surface area contributed by atoms with Crippen molar-refractivity contribution in [1.82, 2.24) is 0 Å². The Morgan fingerprint density at radius 3 is 2.10 bits per heavy atom. The molecule has 0 radical (unpaired) electrons. The Bertz CT molecular complexity index is 612. The Morgan fingerprint density at radius 2 is 1.55 bits per heavy atom. The highest BCUT2D eigenvalue weighted by atomic mass is 35.5. The SMILES string of the molecule is Cc1cc(C)c(C(N)Cc2ccc(Cl)c(Cl)c2)c(C)c1. The van der Waals surface area contributed by atoms with Gasteiger partial charge in [-0.2, -0.15) is 0 Å². The van der Waals surface area contributed by atoms with Gasteiger partial charge in [-0.3, -0.25) is 0 Å². The quantitative estimate of drug-likeness (QED) is 0.832. The summed E-state index contributed by atoms with van der Waals surface area (Å²) >= 11 is 12.0. The Morgan fingerprint density at radius 1 is 0.950 bits per heavy atom. The van der Waals surface area contributed by atoms with E-state index in [1.165, 1.54) is 22.3 Å². The molecule has 0 heterocycles. The maximum Gasteiger partial charge on any atom is 0.0595 e. The molecule has 0 fully saturated rings. The molecule has 20 heavy (non-hydrogen) atoms. The summed E-state index contributed by atoms with van der Waals surface area (Å²) < 4.78 is 0. The molecule has 0 bridgehead atoms. The van der Waals surface area contributed by atoms with E-state index in [0.717, 1.165) is 12.0 Å². The third-order valence-electron chi connectivity index (χ3n) is 3.55. The van der Waals surface area contributed by atoms with Gasteiger partial charge in [-0.15, -0.1) is 0 Å². The zero-order valence-corrected chi connectivity index (χ0v) is 13.5. The molecule has 1 nitrogen and oxygen atoms in total. The van der Waals surface area contributed by atoms with Crippen molar-refractivity contribution >= 4 is 23.2 Å². The van der Waals surface area contributed by atoms with Crippen LogP contribution >= 0.6 is 23.2 Å². The van der Waals surface area contributed by atoms with Gasteiger partial charge < -0.3 is 5.73 Å². The molecule has 1 unspecified atom stereocenters. The van der Waals surface area contributed by atoms with E-state index in [1.807, 2.05) is 18.2 Å². The van der Waals surface area contributed by atoms with Crippen LogP contribution in [0.1, 0.15) is 33.9 Å². The van der Waals surface area contributed by atoms with Gasteiger partial charge in [0.1, 0.15) is 0 Å². The van der Waals surface area contributed by atoms with E-state index in [1.54, 1.807) is 0 Å². The first-order valence-electron chi connectivity index (χ1n) is 6.65. The van der Waals surface area contributed by atoms with Crippen molar-refractivity contribution in [2.75, 3.05) is 0 Å². The van der Waals surface area contributed by atoms with Gasteiger partial charge in [0.15, 0.2) is 0 Å². The van der Waals surface area contributed by atoms with Crippen molar-refractivity contribution in [3.63, 3.8) is 0 Å². The van der Waals surface area contributed by atoms with Crippen LogP contribution in [0.15, 0.2) is 30.3 Å². The normalized spacial score (nSPS) is 12.5. The first-order valence-corrected chi connectivity index (χ1v) is 7.41. The number of nitrogens with two attached hydrogens (primary N) is 1.